The number of ether oxygens (including phenoxy) is 2. The van der Waals surface area contributed by atoms with E-state index in [1.807, 2.05) is 0 Å². The van der Waals surface area contributed by atoms with Gasteiger partial charge in [0, 0.05) is 0 Å². The standard InChI is InChI=1S/C16H26N2O4/c1-9-11-17(13(19)21-15(3,4)5)18(12-10-2)14(20)22-16(6,7)8/h1,10H,2,11-12H2,3-8H3. The van der Waals surface area contributed by atoms with E-state index in [4.69, 9.17) is 15.9 Å². The van der Waals surface area contributed by atoms with Crippen molar-refractivity contribution in [3.8, 4) is 12.3 Å². The van der Waals surface area contributed by atoms with E-state index in [2.05, 4.69) is 12.5 Å². The minimum atomic E-state index is -0.724. The van der Waals surface area contributed by atoms with Gasteiger partial charge in [0.1, 0.15) is 17.7 Å². The van der Waals surface area contributed by atoms with Crippen LogP contribution >= 0.6 is 0 Å². The van der Waals surface area contributed by atoms with Gasteiger partial charge in [-0.3, -0.25) is 0 Å². The Morgan fingerprint density at radius 1 is 1.05 bits per heavy atom. The van der Waals surface area contributed by atoms with E-state index >= 15 is 0 Å². The predicted molar refractivity (Wildman–Crippen MR) is 84.9 cm³/mol. The fraction of sp³-hybridized carbons (Fsp3) is 0.625. The molecule has 0 N–H and O–H groups in total. The Balaban J connectivity index is 5.35. The molecule has 0 aromatic rings. The van der Waals surface area contributed by atoms with Crippen LogP contribution in [0.2, 0.25) is 0 Å². The van der Waals surface area contributed by atoms with Gasteiger partial charge in [-0.05, 0) is 41.5 Å². The van der Waals surface area contributed by atoms with E-state index < -0.39 is 23.4 Å². The molecule has 0 unspecified atom stereocenters. The average molecular weight is 310 g/mol. The van der Waals surface area contributed by atoms with Crippen LogP contribution in [0.3, 0.4) is 0 Å². The molecule has 0 bridgehead atoms. The quantitative estimate of drug-likeness (QED) is 0.456. The lowest BCUT2D eigenvalue weighted by atomic mass is 10.2. The van der Waals surface area contributed by atoms with Crippen molar-refractivity contribution in [1.82, 2.24) is 10.0 Å². The number of hydrazine groups is 1. The summed E-state index contributed by atoms with van der Waals surface area (Å²) in [7, 11) is 0. The summed E-state index contributed by atoms with van der Waals surface area (Å²) in [6.07, 6.45) is 5.33. The van der Waals surface area contributed by atoms with Gasteiger partial charge in [0.05, 0.1) is 6.54 Å². The van der Waals surface area contributed by atoms with E-state index in [1.165, 1.54) is 6.08 Å². The molecule has 0 spiro atoms. The van der Waals surface area contributed by atoms with Crippen LogP contribution in [0.4, 0.5) is 9.59 Å². The summed E-state index contributed by atoms with van der Waals surface area (Å²) in [5, 5.41) is 2.10. The Morgan fingerprint density at radius 3 is 1.77 bits per heavy atom. The summed E-state index contributed by atoms with van der Waals surface area (Å²) in [5.41, 5.74) is -1.41. The molecule has 2 amide bonds. The highest BCUT2D eigenvalue weighted by molar-refractivity contribution is 5.75. The van der Waals surface area contributed by atoms with Crippen molar-refractivity contribution in [3.05, 3.63) is 12.7 Å². The molecule has 0 aromatic heterocycles. The maximum atomic E-state index is 12.3. The van der Waals surface area contributed by atoms with Crippen molar-refractivity contribution >= 4 is 12.2 Å². The van der Waals surface area contributed by atoms with E-state index in [1.54, 1.807) is 41.5 Å². The molecule has 0 rings (SSSR count). The SMILES string of the molecule is C#CCN(C(=O)OC(C)(C)C)N(CC=C)C(=O)OC(C)(C)C. The molecule has 6 nitrogen and oxygen atoms in total. The number of carbonyl (C=O) groups excluding carboxylic acids is 2. The summed E-state index contributed by atoms with van der Waals surface area (Å²) >= 11 is 0. The molecular weight excluding hydrogens is 284 g/mol. The first-order valence-corrected chi connectivity index (χ1v) is 6.96. The van der Waals surface area contributed by atoms with E-state index in [9.17, 15) is 9.59 Å². The normalized spacial score (nSPS) is 11.1. The highest BCUT2D eigenvalue weighted by Gasteiger charge is 2.31. The summed E-state index contributed by atoms with van der Waals surface area (Å²) in [6, 6.07) is 0. The number of hydrogen-bond acceptors (Lipinski definition) is 4. The Kier molecular flexibility index (Phi) is 6.98. The largest absolute Gasteiger partial charge is 0.442 e. The van der Waals surface area contributed by atoms with E-state index in [-0.39, 0.29) is 13.1 Å². The first-order valence-electron chi connectivity index (χ1n) is 6.96. The minimum absolute atomic E-state index is 0.0653. The van der Waals surface area contributed by atoms with Crippen molar-refractivity contribution in [2.45, 2.75) is 52.7 Å². The predicted octanol–water partition coefficient (Wildman–Crippen LogP) is 3.19. The van der Waals surface area contributed by atoms with Crippen LogP contribution in [0, 0.1) is 12.3 Å². The van der Waals surface area contributed by atoms with Crippen LogP contribution in [-0.4, -0.2) is 46.5 Å². The molecule has 124 valence electrons. The van der Waals surface area contributed by atoms with E-state index in [0.29, 0.717) is 0 Å². The van der Waals surface area contributed by atoms with Gasteiger partial charge in [-0.25, -0.2) is 19.6 Å². The van der Waals surface area contributed by atoms with Gasteiger partial charge in [-0.15, -0.1) is 13.0 Å². The zero-order chi connectivity index (χ0) is 17.6. The van der Waals surface area contributed by atoms with Gasteiger partial charge in [-0.2, -0.15) is 0 Å². The molecule has 0 aliphatic carbocycles. The zero-order valence-corrected chi connectivity index (χ0v) is 14.3. The second kappa shape index (κ2) is 7.74. The smallest absolute Gasteiger partial charge is 0.430 e. The lowest BCUT2D eigenvalue weighted by molar-refractivity contribution is -0.0534. The first kappa shape index (κ1) is 19.8. The fourth-order valence-corrected chi connectivity index (χ4v) is 1.36. The maximum absolute atomic E-state index is 12.3. The minimum Gasteiger partial charge on any atom is -0.442 e. The number of terminal acetylenes is 1. The Hall–Kier alpha value is -2.16. The van der Waals surface area contributed by atoms with Crippen LogP contribution in [0.5, 0.6) is 0 Å². The molecule has 0 aliphatic heterocycles. The Labute approximate surface area is 133 Å². The Bertz CT molecular complexity index is 452. The molecule has 0 saturated heterocycles. The van der Waals surface area contributed by atoms with Crippen LogP contribution < -0.4 is 0 Å². The molecule has 0 aliphatic rings. The number of hydrogen-bond donors (Lipinski definition) is 0. The average Bonchev–Trinajstić information content (AvgIpc) is 2.29. The lowest BCUT2D eigenvalue weighted by Crippen LogP contribution is -2.52. The molecule has 0 aromatic carbocycles. The van der Waals surface area contributed by atoms with Crippen molar-refractivity contribution in [3.63, 3.8) is 0 Å². The highest BCUT2D eigenvalue weighted by atomic mass is 16.6. The summed E-state index contributed by atoms with van der Waals surface area (Å²) in [5.74, 6) is 2.33. The van der Waals surface area contributed by atoms with E-state index in [0.717, 1.165) is 10.0 Å². The highest BCUT2D eigenvalue weighted by Crippen LogP contribution is 2.15. The lowest BCUT2D eigenvalue weighted by Gasteiger charge is -2.35. The number of carbonyl (C=O) groups is 2. The molecule has 22 heavy (non-hydrogen) atoms. The van der Waals surface area contributed by atoms with Crippen LogP contribution in [0.25, 0.3) is 0 Å². The van der Waals surface area contributed by atoms with Crippen molar-refractivity contribution in [1.29, 1.82) is 0 Å². The Morgan fingerprint density at radius 2 is 1.45 bits per heavy atom. The maximum Gasteiger partial charge on any atom is 0.430 e. The van der Waals surface area contributed by atoms with Gasteiger partial charge >= 0.3 is 12.2 Å². The van der Waals surface area contributed by atoms with Crippen molar-refractivity contribution in [2.75, 3.05) is 13.1 Å². The van der Waals surface area contributed by atoms with Gasteiger partial charge in [-0.1, -0.05) is 12.0 Å². The third-order valence-corrected chi connectivity index (χ3v) is 2.04. The number of rotatable bonds is 3. The van der Waals surface area contributed by atoms with Gasteiger partial charge < -0.3 is 9.47 Å². The molecular formula is C16H26N2O4. The monoisotopic (exact) mass is 310 g/mol. The topological polar surface area (TPSA) is 59.1 Å². The van der Waals surface area contributed by atoms with Crippen molar-refractivity contribution in [2.24, 2.45) is 0 Å². The van der Waals surface area contributed by atoms with Crippen LogP contribution in [0.15, 0.2) is 12.7 Å². The molecule has 0 heterocycles. The fourth-order valence-electron chi connectivity index (χ4n) is 1.36. The van der Waals surface area contributed by atoms with Crippen LogP contribution in [-0.2, 0) is 9.47 Å². The number of nitrogens with zero attached hydrogens (tertiary/aromatic N) is 2. The molecule has 0 fully saturated rings. The molecule has 0 atom stereocenters. The van der Waals surface area contributed by atoms with Crippen molar-refractivity contribution < 1.29 is 19.1 Å². The van der Waals surface area contributed by atoms with Gasteiger partial charge in [0.25, 0.3) is 0 Å². The summed E-state index contributed by atoms with van der Waals surface area (Å²) in [6.45, 7) is 13.9. The molecule has 6 heteroatoms. The molecule has 0 radical (unpaired) electrons. The van der Waals surface area contributed by atoms with Gasteiger partial charge in [0.15, 0.2) is 0 Å². The first-order chi connectivity index (χ1) is 9.91. The second-order valence-corrected chi connectivity index (χ2v) is 6.59. The zero-order valence-electron chi connectivity index (χ0n) is 14.3. The third kappa shape index (κ3) is 7.58. The van der Waals surface area contributed by atoms with Crippen LogP contribution in [0.1, 0.15) is 41.5 Å². The molecule has 0 saturated carbocycles. The summed E-state index contributed by atoms with van der Waals surface area (Å²) < 4.78 is 10.5. The second-order valence-electron chi connectivity index (χ2n) is 6.59. The number of amides is 2. The van der Waals surface area contributed by atoms with Gasteiger partial charge in [0.2, 0.25) is 0 Å². The third-order valence-electron chi connectivity index (χ3n) is 2.04. The summed E-state index contributed by atoms with van der Waals surface area (Å²) in [4.78, 5) is 24.5.